The van der Waals surface area contributed by atoms with Crippen LogP contribution >= 0.6 is 11.3 Å². The van der Waals surface area contributed by atoms with Crippen LogP contribution < -0.4 is 4.90 Å². The minimum absolute atomic E-state index is 0.0918. The summed E-state index contributed by atoms with van der Waals surface area (Å²) in [5.74, 6) is -0.199. The zero-order valence-corrected chi connectivity index (χ0v) is 12.4. The van der Waals surface area contributed by atoms with Crippen molar-refractivity contribution in [3.05, 3.63) is 16.3 Å². The van der Waals surface area contributed by atoms with Gasteiger partial charge < -0.3 is 9.64 Å². The summed E-state index contributed by atoms with van der Waals surface area (Å²) in [6.07, 6.45) is 2.36. The molecule has 0 radical (unpaired) electrons. The van der Waals surface area contributed by atoms with Crippen molar-refractivity contribution in [1.82, 2.24) is 0 Å². The van der Waals surface area contributed by atoms with Crippen LogP contribution in [0.1, 0.15) is 31.6 Å². The Morgan fingerprint density at radius 3 is 2.89 bits per heavy atom. The molecule has 0 unspecified atom stereocenters. The van der Waals surface area contributed by atoms with E-state index in [2.05, 4.69) is 0 Å². The van der Waals surface area contributed by atoms with Crippen molar-refractivity contribution in [3.63, 3.8) is 0 Å². The topological polar surface area (TPSA) is 46.6 Å². The van der Waals surface area contributed by atoms with Gasteiger partial charge in [-0.1, -0.05) is 0 Å². The Bertz CT molecular complexity index is 493. The summed E-state index contributed by atoms with van der Waals surface area (Å²) in [5.41, 5.74) is 0.262. The second-order valence-electron chi connectivity index (χ2n) is 5.44. The molecule has 1 aromatic rings. The quantitative estimate of drug-likeness (QED) is 0.800. The molecule has 0 saturated heterocycles. The van der Waals surface area contributed by atoms with E-state index in [1.807, 2.05) is 25.3 Å². The van der Waals surface area contributed by atoms with E-state index in [9.17, 15) is 9.59 Å². The van der Waals surface area contributed by atoms with E-state index in [1.165, 1.54) is 12.0 Å². The van der Waals surface area contributed by atoms with E-state index in [4.69, 9.17) is 4.74 Å². The highest BCUT2D eigenvalue weighted by Gasteiger charge is 2.35. The molecule has 4 nitrogen and oxygen atoms in total. The summed E-state index contributed by atoms with van der Waals surface area (Å²) in [7, 11) is 1.38. The van der Waals surface area contributed by atoms with Crippen LogP contribution in [0.3, 0.4) is 0 Å². The lowest BCUT2D eigenvalue weighted by Crippen LogP contribution is -2.42. The zero-order chi connectivity index (χ0) is 14.0. The summed E-state index contributed by atoms with van der Waals surface area (Å²) in [4.78, 5) is 27.0. The Morgan fingerprint density at radius 2 is 2.21 bits per heavy atom. The summed E-state index contributed by atoms with van der Waals surface area (Å²) in [6.45, 7) is 3.98. The molecule has 1 aliphatic heterocycles. The number of amides is 1. The van der Waals surface area contributed by atoms with Gasteiger partial charge in [-0.05, 0) is 38.1 Å². The van der Waals surface area contributed by atoms with Gasteiger partial charge in [0.1, 0.15) is 0 Å². The Balaban J connectivity index is 2.28. The van der Waals surface area contributed by atoms with Gasteiger partial charge in [-0.25, -0.2) is 0 Å². The minimum atomic E-state index is -0.700. The van der Waals surface area contributed by atoms with Gasteiger partial charge in [0.05, 0.1) is 18.2 Å². The Labute approximate surface area is 117 Å². The molecule has 0 N–H and O–H groups in total. The number of anilines is 1. The molecule has 0 aromatic carbocycles. The molecule has 5 heteroatoms. The number of nitrogens with zero attached hydrogens (tertiary/aromatic N) is 1. The summed E-state index contributed by atoms with van der Waals surface area (Å²) in [6, 6.07) is 1.97. The number of ether oxygens (including phenoxy) is 1. The van der Waals surface area contributed by atoms with E-state index in [0.717, 1.165) is 18.5 Å². The molecule has 19 heavy (non-hydrogen) atoms. The summed E-state index contributed by atoms with van der Waals surface area (Å²) in [5, 5.41) is 2.00. The van der Waals surface area contributed by atoms with E-state index < -0.39 is 5.41 Å². The van der Waals surface area contributed by atoms with Gasteiger partial charge in [-0.2, -0.15) is 0 Å². The molecule has 0 aliphatic carbocycles. The molecule has 2 heterocycles. The third-order valence-electron chi connectivity index (χ3n) is 3.40. The molecule has 0 atom stereocenters. The first kappa shape index (κ1) is 14.1. The molecule has 0 spiro atoms. The van der Waals surface area contributed by atoms with E-state index in [1.54, 1.807) is 16.2 Å². The van der Waals surface area contributed by atoms with Crippen molar-refractivity contribution in [2.45, 2.75) is 33.1 Å². The Morgan fingerprint density at radius 1 is 1.47 bits per heavy atom. The van der Waals surface area contributed by atoms with Gasteiger partial charge in [0.15, 0.2) is 0 Å². The van der Waals surface area contributed by atoms with Crippen LogP contribution in [-0.2, 0) is 20.7 Å². The van der Waals surface area contributed by atoms with E-state index in [0.29, 0.717) is 13.0 Å². The largest absolute Gasteiger partial charge is 0.469 e. The number of fused-ring (bicyclic) bond motifs is 1. The molecule has 1 aliphatic rings. The monoisotopic (exact) mass is 281 g/mol. The minimum Gasteiger partial charge on any atom is -0.469 e. The SMILES string of the molecule is COC(=O)C(C)(C)CN1C(=O)CCCc2sccc21. The summed E-state index contributed by atoms with van der Waals surface area (Å²) < 4.78 is 4.82. The molecular formula is C14H19NO3S. The highest BCUT2D eigenvalue weighted by Crippen LogP contribution is 2.33. The van der Waals surface area contributed by atoms with Gasteiger partial charge in [0.2, 0.25) is 5.91 Å². The maximum Gasteiger partial charge on any atom is 0.313 e. The maximum atomic E-state index is 12.2. The van der Waals surface area contributed by atoms with Crippen LogP contribution in [0.15, 0.2) is 11.4 Å². The van der Waals surface area contributed by atoms with Crippen molar-refractivity contribution in [2.75, 3.05) is 18.6 Å². The van der Waals surface area contributed by atoms with Gasteiger partial charge in [-0.3, -0.25) is 9.59 Å². The van der Waals surface area contributed by atoms with Crippen LogP contribution in [0.5, 0.6) is 0 Å². The lowest BCUT2D eigenvalue weighted by atomic mass is 9.92. The van der Waals surface area contributed by atoms with Gasteiger partial charge >= 0.3 is 5.97 Å². The first-order chi connectivity index (χ1) is 8.95. The fraction of sp³-hybridized carbons (Fsp3) is 0.571. The number of methoxy groups -OCH3 is 1. The van der Waals surface area contributed by atoms with Crippen molar-refractivity contribution in [3.8, 4) is 0 Å². The molecular weight excluding hydrogens is 262 g/mol. The maximum absolute atomic E-state index is 12.2. The highest BCUT2D eigenvalue weighted by atomic mass is 32.1. The summed E-state index contributed by atoms with van der Waals surface area (Å²) >= 11 is 1.67. The van der Waals surface area contributed by atoms with Gasteiger partial charge in [-0.15, -0.1) is 11.3 Å². The fourth-order valence-electron chi connectivity index (χ4n) is 2.34. The molecule has 0 saturated carbocycles. The normalized spacial score (nSPS) is 15.9. The third kappa shape index (κ3) is 2.81. The van der Waals surface area contributed by atoms with Crippen molar-refractivity contribution >= 4 is 28.9 Å². The van der Waals surface area contributed by atoms with E-state index in [-0.39, 0.29) is 11.9 Å². The third-order valence-corrected chi connectivity index (χ3v) is 4.37. The lowest BCUT2D eigenvalue weighted by Gasteiger charge is -2.30. The molecule has 1 amide bonds. The Kier molecular flexibility index (Phi) is 3.94. The van der Waals surface area contributed by atoms with Crippen LogP contribution in [-0.4, -0.2) is 25.5 Å². The van der Waals surface area contributed by atoms with Gasteiger partial charge in [0, 0.05) is 17.8 Å². The Hall–Kier alpha value is -1.36. The predicted molar refractivity (Wildman–Crippen MR) is 75.4 cm³/mol. The van der Waals surface area contributed by atoms with Crippen molar-refractivity contribution in [2.24, 2.45) is 5.41 Å². The van der Waals surface area contributed by atoms with Crippen LogP contribution in [0, 0.1) is 5.41 Å². The molecule has 0 bridgehead atoms. The number of hydrogen-bond donors (Lipinski definition) is 0. The highest BCUT2D eigenvalue weighted by molar-refractivity contribution is 7.10. The molecule has 0 fully saturated rings. The van der Waals surface area contributed by atoms with Crippen molar-refractivity contribution in [1.29, 1.82) is 0 Å². The number of esters is 1. The average molecular weight is 281 g/mol. The second kappa shape index (κ2) is 5.33. The second-order valence-corrected chi connectivity index (χ2v) is 6.44. The predicted octanol–water partition coefficient (Wildman–Crippen LogP) is 2.62. The van der Waals surface area contributed by atoms with Crippen LogP contribution in [0.2, 0.25) is 0 Å². The number of aryl methyl sites for hydroxylation is 1. The smallest absolute Gasteiger partial charge is 0.313 e. The molecule has 1 aromatic heterocycles. The van der Waals surface area contributed by atoms with Crippen LogP contribution in [0.25, 0.3) is 0 Å². The average Bonchev–Trinajstić information content (AvgIpc) is 2.77. The zero-order valence-electron chi connectivity index (χ0n) is 11.6. The number of hydrogen-bond acceptors (Lipinski definition) is 4. The number of carbonyl (C=O) groups is 2. The van der Waals surface area contributed by atoms with Crippen molar-refractivity contribution < 1.29 is 14.3 Å². The molecule has 104 valence electrons. The fourth-order valence-corrected chi connectivity index (χ4v) is 3.26. The number of carbonyl (C=O) groups excluding carboxylic acids is 2. The lowest BCUT2D eigenvalue weighted by molar-refractivity contribution is -0.150. The molecule has 2 rings (SSSR count). The number of thiophene rings is 1. The standard InChI is InChI=1S/C14H19NO3S/c1-14(2,13(17)18-3)9-15-10-7-8-19-11(10)5-4-6-12(15)16/h7-8H,4-6,9H2,1-3H3. The van der Waals surface area contributed by atoms with Gasteiger partial charge in [0.25, 0.3) is 0 Å². The van der Waals surface area contributed by atoms with Crippen LogP contribution in [0.4, 0.5) is 5.69 Å². The van der Waals surface area contributed by atoms with E-state index >= 15 is 0 Å². The first-order valence-corrected chi connectivity index (χ1v) is 7.29. The number of rotatable bonds is 3. The first-order valence-electron chi connectivity index (χ1n) is 6.41.